The number of aliphatic hydroxyl groups is 1. The van der Waals surface area contributed by atoms with E-state index in [2.05, 4.69) is 62.5 Å². The van der Waals surface area contributed by atoms with Crippen LogP contribution in [0, 0.1) is 0 Å². The van der Waals surface area contributed by atoms with E-state index in [9.17, 15) is 14.7 Å². The molecule has 0 aromatic heterocycles. The Balaban J connectivity index is 3.48. The monoisotopic (exact) mass is 645 g/mol. The van der Waals surface area contributed by atoms with Gasteiger partial charge < -0.3 is 14.6 Å². The molecule has 0 aliphatic carbocycles. The lowest BCUT2D eigenvalue weighted by atomic mass is 10.0. The van der Waals surface area contributed by atoms with Gasteiger partial charge in [0.05, 0.1) is 0 Å². The quantitative estimate of drug-likeness (QED) is 0.0429. The first-order valence-corrected chi connectivity index (χ1v) is 19.2. The van der Waals surface area contributed by atoms with Crippen molar-refractivity contribution in [3.8, 4) is 0 Å². The summed E-state index contributed by atoms with van der Waals surface area (Å²) >= 11 is 0. The van der Waals surface area contributed by atoms with E-state index in [1.54, 1.807) is 0 Å². The van der Waals surface area contributed by atoms with Crippen molar-refractivity contribution in [1.29, 1.82) is 0 Å². The number of allylic oxidation sites excluding steroid dienone is 8. The van der Waals surface area contributed by atoms with Gasteiger partial charge in [0.25, 0.3) is 0 Å². The van der Waals surface area contributed by atoms with Gasteiger partial charge in [-0.3, -0.25) is 9.59 Å². The number of aliphatic hydroxyl groups excluding tert-OH is 1. The maximum atomic E-state index is 12.0. The molecule has 0 saturated carbocycles. The molecule has 1 N–H and O–H groups in total. The van der Waals surface area contributed by atoms with E-state index in [0.29, 0.717) is 12.8 Å². The number of unbranched alkanes of at least 4 members (excludes halogenated alkanes) is 18. The third-order valence-electron chi connectivity index (χ3n) is 8.08. The molecule has 0 radical (unpaired) electrons. The molecule has 0 aromatic rings. The molecule has 266 valence electrons. The van der Waals surface area contributed by atoms with Gasteiger partial charge in [-0.2, -0.15) is 0 Å². The maximum Gasteiger partial charge on any atom is 0.305 e. The van der Waals surface area contributed by atoms with Gasteiger partial charge >= 0.3 is 11.9 Å². The second-order valence-corrected chi connectivity index (χ2v) is 12.7. The lowest BCUT2D eigenvalue weighted by Gasteiger charge is -2.12. The van der Waals surface area contributed by atoms with Crippen molar-refractivity contribution < 1.29 is 24.2 Å². The predicted octanol–water partition coefficient (Wildman–Crippen LogP) is 11.8. The Hall–Kier alpha value is -2.14. The van der Waals surface area contributed by atoms with Crippen molar-refractivity contribution in [1.82, 2.24) is 0 Å². The molecule has 46 heavy (non-hydrogen) atoms. The fourth-order valence-corrected chi connectivity index (χ4v) is 5.19. The highest BCUT2D eigenvalue weighted by Gasteiger charge is 2.12. The predicted molar refractivity (Wildman–Crippen MR) is 196 cm³/mol. The summed E-state index contributed by atoms with van der Waals surface area (Å²) in [5.41, 5.74) is 0. The standard InChI is InChI=1S/C41H72O5/c1-3-5-7-9-11-13-15-17-19-20-22-24-26-28-30-32-34-36-41(44)46-38-39(42)37-45-40(43)35-33-31-29-27-25-23-21-18-16-14-12-10-8-6-4-2/h5,7,11,13,17,19,22,24,39,42H,3-4,6,8-10,12,14-16,18,20-21,23,25-38H2,1-2H3/b7-5-,13-11-,19-17-,24-22-/t39-/m1/s1. The van der Waals surface area contributed by atoms with Gasteiger partial charge in [-0.05, 0) is 51.4 Å². The lowest BCUT2D eigenvalue weighted by molar-refractivity contribution is -0.152. The Bertz CT molecular complexity index is 782. The highest BCUT2D eigenvalue weighted by molar-refractivity contribution is 5.69. The first-order valence-electron chi connectivity index (χ1n) is 19.2. The van der Waals surface area contributed by atoms with E-state index in [1.165, 1.54) is 77.0 Å². The molecule has 0 saturated heterocycles. The third-order valence-corrected chi connectivity index (χ3v) is 8.08. The van der Waals surface area contributed by atoms with E-state index < -0.39 is 6.10 Å². The zero-order valence-electron chi connectivity index (χ0n) is 30.1. The Kier molecular flexibility index (Phi) is 35.6. The third kappa shape index (κ3) is 36.3. The minimum atomic E-state index is -0.972. The van der Waals surface area contributed by atoms with E-state index in [4.69, 9.17) is 9.47 Å². The van der Waals surface area contributed by atoms with E-state index >= 15 is 0 Å². The normalized spacial score (nSPS) is 12.7. The van der Waals surface area contributed by atoms with E-state index in [1.807, 2.05) is 0 Å². The number of hydrogen-bond acceptors (Lipinski definition) is 5. The molecule has 0 aliphatic heterocycles. The van der Waals surface area contributed by atoms with Crippen molar-refractivity contribution in [2.45, 2.75) is 187 Å². The number of hydrogen-bond donors (Lipinski definition) is 1. The van der Waals surface area contributed by atoms with Crippen LogP contribution in [-0.2, 0) is 19.1 Å². The van der Waals surface area contributed by atoms with Gasteiger partial charge in [0.2, 0.25) is 0 Å². The Labute approximate surface area is 284 Å². The zero-order chi connectivity index (χ0) is 33.6. The van der Waals surface area contributed by atoms with Crippen LogP contribution >= 0.6 is 0 Å². The van der Waals surface area contributed by atoms with Crippen LogP contribution in [-0.4, -0.2) is 36.4 Å². The molecule has 0 rings (SSSR count). The van der Waals surface area contributed by atoms with Gasteiger partial charge in [-0.25, -0.2) is 0 Å². The molecule has 5 nitrogen and oxygen atoms in total. The number of esters is 2. The second kappa shape index (κ2) is 37.3. The Morgan fingerprint density at radius 1 is 0.478 bits per heavy atom. The maximum absolute atomic E-state index is 12.0. The second-order valence-electron chi connectivity index (χ2n) is 12.7. The van der Waals surface area contributed by atoms with Crippen molar-refractivity contribution in [2.24, 2.45) is 0 Å². The van der Waals surface area contributed by atoms with Crippen LogP contribution < -0.4 is 0 Å². The summed E-state index contributed by atoms with van der Waals surface area (Å²) < 4.78 is 10.3. The number of carbonyl (C=O) groups excluding carboxylic acids is 2. The van der Waals surface area contributed by atoms with Crippen LogP contribution in [0.25, 0.3) is 0 Å². The highest BCUT2D eigenvalue weighted by atomic mass is 16.6. The van der Waals surface area contributed by atoms with E-state index in [-0.39, 0.29) is 25.2 Å². The fraction of sp³-hybridized carbons (Fsp3) is 0.756. The van der Waals surface area contributed by atoms with Crippen LogP contribution in [0.3, 0.4) is 0 Å². The van der Waals surface area contributed by atoms with Crippen LogP contribution in [0.5, 0.6) is 0 Å². The summed E-state index contributed by atoms with van der Waals surface area (Å²) in [6.07, 6.45) is 45.9. The summed E-state index contributed by atoms with van der Waals surface area (Å²) in [5.74, 6) is -0.590. The summed E-state index contributed by atoms with van der Waals surface area (Å²) in [6.45, 7) is 4.17. The molecular weight excluding hydrogens is 572 g/mol. The van der Waals surface area contributed by atoms with Crippen molar-refractivity contribution in [2.75, 3.05) is 13.2 Å². The minimum absolute atomic E-state index is 0.123. The summed E-state index contributed by atoms with van der Waals surface area (Å²) in [5, 5.41) is 10.0. The minimum Gasteiger partial charge on any atom is -0.463 e. The number of ether oxygens (including phenoxy) is 2. The average Bonchev–Trinajstić information content (AvgIpc) is 3.06. The van der Waals surface area contributed by atoms with Gasteiger partial charge in [0, 0.05) is 12.8 Å². The smallest absolute Gasteiger partial charge is 0.305 e. The zero-order valence-corrected chi connectivity index (χ0v) is 30.1. The molecule has 0 heterocycles. The summed E-state index contributed by atoms with van der Waals surface area (Å²) in [7, 11) is 0. The Morgan fingerprint density at radius 2 is 0.826 bits per heavy atom. The fourth-order valence-electron chi connectivity index (χ4n) is 5.19. The van der Waals surface area contributed by atoms with Crippen LogP contribution in [0.1, 0.15) is 181 Å². The molecule has 0 fully saturated rings. The van der Waals surface area contributed by atoms with Gasteiger partial charge in [0.15, 0.2) is 0 Å². The first kappa shape index (κ1) is 43.9. The van der Waals surface area contributed by atoms with Gasteiger partial charge in [0.1, 0.15) is 19.3 Å². The topological polar surface area (TPSA) is 72.8 Å². The van der Waals surface area contributed by atoms with Gasteiger partial charge in [-0.1, -0.05) is 165 Å². The lowest BCUT2D eigenvalue weighted by Crippen LogP contribution is -2.25. The largest absolute Gasteiger partial charge is 0.463 e. The summed E-state index contributed by atoms with van der Waals surface area (Å²) in [4.78, 5) is 23.9. The van der Waals surface area contributed by atoms with Crippen molar-refractivity contribution in [3.05, 3.63) is 48.6 Å². The first-order chi connectivity index (χ1) is 22.6. The SMILES string of the molecule is CC/C=C\C/C=C\C/C=C\C/C=C\CCCCCCC(=O)OC[C@H](O)COC(=O)CCCCCCCCCCCCCCCCC. The van der Waals surface area contributed by atoms with Crippen molar-refractivity contribution >= 4 is 11.9 Å². The number of carbonyl (C=O) groups is 2. The molecule has 0 amide bonds. The molecule has 1 atom stereocenters. The molecular formula is C41H72O5. The van der Waals surface area contributed by atoms with Gasteiger partial charge in [-0.15, -0.1) is 0 Å². The molecule has 0 aromatic carbocycles. The summed E-state index contributed by atoms with van der Waals surface area (Å²) in [6, 6.07) is 0. The van der Waals surface area contributed by atoms with E-state index in [0.717, 1.165) is 77.0 Å². The van der Waals surface area contributed by atoms with Crippen LogP contribution in [0.4, 0.5) is 0 Å². The number of rotatable bonds is 34. The molecule has 5 heteroatoms. The average molecular weight is 645 g/mol. The van der Waals surface area contributed by atoms with Crippen LogP contribution in [0.2, 0.25) is 0 Å². The Morgan fingerprint density at radius 3 is 1.24 bits per heavy atom. The molecule has 0 spiro atoms. The molecule has 0 bridgehead atoms. The highest BCUT2D eigenvalue weighted by Crippen LogP contribution is 2.14. The molecule has 0 aliphatic rings. The molecule has 0 unspecified atom stereocenters. The van der Waals surface area contributed by atoms with Crippen molar-refractivity contribution in [3.63, 3.8) is 0 Å². The van der Waals surface area contributed by atoms with Crippen LogP contribution in [0.15, 0.2) is 48.6 Å².